The van der Waals surface area contributed by atoms with Gasteiger partial charge in [-0.15, -0.1) is 0 Å². The summed E-state index contributed by atoms with van der Waals surface area (Å²) in [4.78, 5) is 22.3. The highest BCUT2D eigenvalue weighted by Gasteiger charge is 2.18. The molecular formula is C16H11BrO6. The molecule has 0 radical (unpaired) electrons. The number of halogens is 1. The summed E-state index contributed by atoms with van der Waals surface area (Å²) >= 11 is 3.27. The van der Waals surface area contributed by atoms with Crippen LogP contribution >= 0.6 is 15.9 Å². The summed E-state index contributed by atoms with van der Waals surface area (Å²) in [5, 5.41) is 28.0. The smallest absolute Gasteiger partial charge is 0.371 e. The number of aliphatic carboxylic acids is 1. The molecule has 23 heavy (non-hydrogen) atoms. The van der Waals surface area contributed by atoms with E-state index in [0.29, 0.717) is 5.56 Å². The van der Waals surface area contributed by atoms with Crippen molar-refractivity contribution in [3.8, 4) is 11.5 Å². The van der Waals surface area contributed by atoms with Crippen LogP contribution in [0.15, 0.2) is 52.7 Å². The third-order valence-electron chi connectivity index (χ3n) is 2.83. The van der Waals surface area contributed by atoms with Crippen LogP contribution in [-0.4, -0.2) is 27.3 Å². The Kier molecular flexibility index (Phi) is 5.02. The van der Waals surface area contributed by atoms with E-state index in [9.17, 15) is 19.8 Å². The van der Waals surface area contributed by atoms with Crippen LogP contribution in [0.5, 0.6) is 11.5 Å². The minimum absolute atomic E-state index is 0.254. The molecule has 0 atom stereocenters. The summed E-state index contributed by atoms with van der Waals surface area (Å²) in [6.45, 7) is 0. The molecule has 6 nitrogen and oxygen atoms in total. The van der Waals surface area contributed by atoms with Crippen LogP contribution in [-0.2, 0) is 4.79 Å². The third kappa shape index (κ3) is 4.10. The maximum absolute atomic E-state index is 11.3. The number of phenols is 1. The van der Waals surface area contributed by atoms with Crippen LogP contribution in [0.2, 0.25) is 0 Å². The quantitative estimate of drug-likeness (QED) is 0.544. The fraction of sp³-hybridized carbons (Fsp3) is 0. The highest BCUT2D eigenvalue weighted by atomic mass is 79.9. The highest BCUT2D eigenvalue weighted by Crippen LogP contribution is 2.31. The molecule has 0 spiro atoms. The number of ether oxygens (including phenoxy) is 1. The van der Waals surface area contributed by atoms with E-state index in [1.54, 1.807) is 24.3 Å². The van der Waals surface area contributed by atoms with Gasteiger partial charge in [-0.1, -0.05) is 34.1 Å². The maximum atomic E-state index is 11.3. The van der Waals surface area contributed by atoms with Gasteiger partial charge in [0.1, 0.15) is 5.56 Å². The predicted molar refractivity (Wildman–Crippen MR) is 85.4 cm³/mol. The number of carboxylic acid groups (broad SMARTS) is 2. The first kappa shape index (κ1) is 16.6. The second-order valence-electron chi connectivity index (χ2n) is 4.42. The third-order valence-corrected chi connectivity index (χ3v) is 3.36. The molecule has 2 aromatic rings. The van der Waals surface area contributed by atoms with Crippen molar-refractivity contribution in [2.45, 2.75) is 0 Å². The zero-order chi connectivity index (χ0) is 17.0. The fourth-order valence-electron chi connectivity index (χ4n) is 1.74. The number of aromatic hydroxyl groups is 1. The summed E-state index contributed by atoms with van der Waals surface area (Å²) in [5.41, 5.74) is 0.190. The van der Waals surface area contributed by atoms with Crippen molar-refractivity contribution in [2.24, 2.45) is 0 Å². The van der Waals surface area contributed by atoms with Gasteiger partial charge in [-0.3, -0.25) is 0 Å². The summed E-state index contributed by atoms with van der Waals surface area (Å²) in [7, 11) is 0. The van der Waals surface area contributed by atoms with Gasteiger partial charge < -0.3 is 20.1 Å². The van der Waals surface area contributed by atoms with Crippen LogP contribution in [0, 0.1) is 0 Å². The number of benzene rings is 2. The molecular weight excluding hydrogens is 368 g/mol. The Hall–Kier alpha value is -2.80. The first-order valence-corrected chi connectivity index (χ1v) is 7.11. The van der Waals surface area contributed by atoms with Crippen LogP contribution < -0.4 is 4.74 Å². The molecule has 0 amide bonds. The molecule has 0 fully saturated rings. The van der Waals surface area contributed by atoms with Gasteiger partial charge >= 0.3 is 11.9 Å². The molecule has 2 rings (SSSR count). The van der Waals surface area contributed by atoms with Gasteiger partial charge in [0.2, 0.25) is 5.76 Å². The van der Waals surface area contributed by atoms with Crippen molar-refractivity contribution in [1.82, 2.24) is 0 Å². The van der Waals surface area contributed by atoms with Crippen molar-refractivity contribution >= 4 is 33.9 Å². The molecule has 3 N–H and O–H groups in total. The maximum Gasteiger partial charge on any atom is 0.371 e. The molecule has 7 heteroatoms. The molecule has 0 aliphatic carbocycles. The summed E-state index contributed by atoms with van der Waals surface area (Å²) < 4.78 is 6.00. The molecule has 0 bridgehead atoms. The SMILES string of the molecule is O=C(O)/C(=C/c1ccc(Br)cc1)Oc1cccc(C(=O)O)c1O. The lowest BCUT2D eigenvalue weighted by Crippen LogP contribution is -2.08. The van der Waals surface area contributed by atoms with Crippen LogP contribution in [0.25, 0.3) is 6.08 Å². The number of hydrogen-bond acceptors (Lipinski definition) is 4. The van der Waals surface area contributed by atoms with Crippen molar-refractivity contribution in [3.63, 3.8) is 0 Å². The first-order valence-electron chi connectivity index (χ1n) is 6.32. The van der Waals surface area contributed by atoms with E-state index in [1.807, 2.05) is 0 Å². The van der Waals surface area contributed by atoms with Gasteiger partial charge in [-0.25, -0.2) is 9.59 Å². The Morgan fingerprint density at radius 2 is 1.70 bits per heavy atom. The van der Waals surface area contributed by atoms with E-state index in [1.165, 1.54) is 24.3 Å². The number of aromatic carboxylic acids is 1. The first-order chi connectivity index (χ1) is 10.9. The average molecular weight is 379 g/mol. The lowest BCUT2D eigenvalue weighted by Gasteiger charge is -2.09. The van der Waals surface area contributed by atoms with E-state index in [-0.39, 0.29) is 11.3 Å². The van der Waals surface area contributed by atoms with Gasteiger partial charge in [0, 0.05) is 4.47 Å². The largest absolute Gasteiger partial charge is 0.504 e. The molecule has 0 aliphatic rings. The summed E-state index contributed by atoms with van der Waals surface area (Å²) in [5.74, 6) is -4.04. The van der Waals surface area contributed by atoms with Crippen molar-refractivity contribution in [3.05, 3.63) is 63.8 Å². The predicted octanol–water partition coefficient (Wildman–Crippen LogP) is 3.36. The van der Waals surface area contributed by atoms with Crippen molar-refractivity contribution in [2.75, 3.05) is 0 Å². The molecule has 0 saturated heterocycles. The zero-order valence-electron chi connectivity index (χ0n) is 11.6. The standard InChI is InChI=1S/C16H11BrO6/c17-10-6-4-9(5-7-10)8-13(16(21)22)23-12-3-1-2-11(14(12)18)15(19)20/h1-8,18H,(H,19,20)(H,21,22)/b13-8-. The Morgan fingerprint density at radius 1 is 1.04 bits per heavy atom. The molecule has 0 aliphatic heterocycles. The number of para-hydroxylation sites is 1. The highest BCUT2D eigenvalue weighted by molar-refractivity contribution is 9.10. The molecule has 0 saturated carbocycles. The minimum atomic E-state index is -1.35. The van der Waals surface area contributed by atoms with Crippen LogP contribution in [0.3, 0.4) is 0 Å². The normalized spacial score (nSPS) is 11.1. The molecule has 0 heterocycles. The molecule has 0 unspecified atom stereocenters. The fourth-order valence-corrected chi connectivity index (χ4v) is 2.01. The molecule has 0 aromatic heterocycles. The van der Waals surface area contributed by atoms with Gasteiger partial charge in [-0.05, 0) is 35.9 Å². The number of rotatable bonds is 5. The zero-order valence-corrected chi connectivity index (χ0v) is 13.1. The van der Waals surface area contributed by atoms with Crippen LogP contribution in [0.4, 0.5) is 0 Å². The van der Waals surface area contributed by atoms with E-state index >= 15 is 0 Å². The Balaban J connectivity index is 2.37. The topological polar surface area (TPSA) is 104 Å². The number of carboxylic acids is 2. The van der Waals surface area contributed by atoms with Gasteiger partial charge in [-0.2, -0.15) is 0 Å². The van der Waals surface area contributed by atoms with Gasteiger partial charge in [0.25, 0.3) is 0 Å². The number of carbonyl (C=O) groups is 2. The molecule has 118 valence electrons. The van der Waals surface area contributed by atoms with E-state index in [2.05, 4.69) is 15.9 Å². The van der Waals surface area contributed by atoms with E-state index in [4.69, 9.17) is 9.84 Å². The van der Waals surface area contributed by atoms with Crippen molar-refractivity contribution in [1.29, 1.82) is 0 Å². The van der Waals surface area contributed by atoms with E-state index < -0.39 is 23.4 Å². The Bertz CT molecular complexity index is 780. The number of hydrogen-bond donors (Lipinski definition) is 3. The minimum Gasteiger partial charge on any atom is -0.504 e. The molecule has 2 aromatic carbocycles. The Labute approximate surface area is 139 Å². The Morgan fingerprint density at radius 3 is 2.26 bits per heavy atom. The lowest BCUT2D eigenvalue weighted by molar-refractivity contribution is -0.134. The summed E-state index contributed by atoms with van der Waals surface area (Å²) in [6.07, 6.45) is 1.27. The van der Waals surface area contributed by atoms with Gasteiger partial charge in [0.05, 0.1) is 0 Å². The average Bonchev–Trinajstić information content (AvgIpc) is 2.50. The second-order valence-corrected chi connectivity index (χ2v) is 5.34. The lowest BCUT2D eigenvalue weighted by atomic mass is 10.2. The van der Waals surface area contributed by atoms with E-state index in [0.717, 1.165) is 4.47 Å². The second kappa shape index (κ2) is 6.97. The monoisotopic (exact) mass is 378 g/mol. The van der Waals surface area contributed by atoms with Crippen LogP contribution in [0.1, 0.15) is 15.9 Å². The summed E-state index contributed by atoms with van der Waals surface area (Å²) in [6, 6.07) is 10.6. The van der Waals surface area contributed by atoms with Gasteiger partial charge in [0.15, 0.2) is 11.5 Å². The van der Waals surface area contributed by atoms with Crippen molar-refractivity contribution < 1.29 is 29.6 Å².